The van der Waals surface area contributed by atoms with E-state index in [1.54, 1.807) is 0 Å². The Bertz CT molecular complexity index is 868. The van der Waals surface area contributed by atoms with Crippen molar-refractivity contribution in [3.63, 3.8) is 0 Å². The quantitative estimate of drug-likeness (QED) is 0.428. The van der Waals surface area contributed by atoms with E-state index in [2.05, 4.69) is 64.5 Å². The lowest BCUT2D eigenvalue weighted by Gasteiger charge is -2.23. The third-order valence-corrected chi connectivity index (χ3v) is 7.35. The van der Waals surface area contributed by atoms with Crippen molar-refractivity contribution in [2.45, 2.75) is 23.3 Å². The number of hydrogen-bond donors (Lipinski definition) is 0. The van der Waals surface area contributed by atoms with Gasteiger partial charge in [-0.25, -0.2) is 9.28 Å². The van der Waals surface area contributed by atoms with E-state index in [9.17, 15) is 4.79 Å². The van der Waals surface area contributed by atoms with Gasteiger partial charge in [0.05, 0.1) is 38.3 Å². The molecule has 3 nitrogen and oxygen atoms in total. The minimum Gasteiger partial charge on any atom is -0.376 e. The standard InChI is InChI=1S/C22H23BrNO2/c1-24(2)19-6-4-3-5-16(19)17(21(24)25)11-22(18-13-26-20(18)22)15-9-7-14(12-23)8-10-15/h3-4,6-11,16,18,20H,5,12-13H2,1-2H3/q+1/b17-11+. The first-order chi connectivity index (χ1) is 12.5. The molecule has 3 fully saturated rings. The van der Waals surface area contributed by atoms with Crippen molar-refractivity contribution >= 4 is 21.8 Å². The van der Waals surface area contributed by atoms with E-state index in [1.807, 2.05) is 14.1 Å². The predicted molar refractivity (Wildman–Crippen MR) is 105 cm³/mol. The highest BCUT2D eigenvalue weighted by molar-refractivity contribution is 9.08. The monoisotopic (exact) mass is 412 g/mol. The van der Waals surface area contributed by atoms with Crippen LogP contribution in [0.1, 0.15) is 17.5 Å². The van der Waals surface area contributed by atoms with E-state index in [-0.39, 0.29) is 23.3 Å². The second kappa shape index (κ2) is 5.51. The van der Waals surface area contributed by atoms with Gasteiger partial charge in [-0.15, -0.1) is 0 Å². The molecule has 1 aromatic rings. The zero-order valence-corrected chi connectivity index (χ0v) is 16.7. The van der Waals surface area contributed by atoms with Gasteiger partial charge in [0.15, 0.2) is 0 Å². The van der Waals surface area contributed by atoms with Gasteiger partial charge < -0.3 is 4.74 Å². The maximum Gasteiger partial charge on any atom is 0.346 e. The summed E-state index contributed by atoms with van der Waals surface area (Å²) in [4.78, 5) is 13.3. The first kappa shape index (κ1) is 16.7. The number of rotatable bonds is 3. The molecule has 2 heterocycles. The van der Waals surface area contributed by atoms with Crippen molar-refractivity contribution in [2.75, 3.05) is 20.7 Å². The molecule has 4 aliphatic rings. The number of nitrogens with zero attached hydrogens (tertiary/aromatic N) is 1. The van der Waals surface area contributed by atoms with Crippen LogP contribution >= 0.6 is 15.9 Å². The van der Waals surface area contributed by atoms with Crippen LogP contribution in [-0.4, -0.2) is 37.2 Å². The number of ether oxygens (including phenoxy) is 1. The topological polar surface area (TPSA) is 26.3 Å². The van der Waals surface area contributed by atoms with Gasteiger partial charge in [0.1, 0.15) is 5.70 Å². The van der Waals surface area contributed by atoms with Crippen LogP contribution in [0.5, 0.6) is 0 Å². The molecular weight excluding hydrogens is 390 g/mol. The molecule has 2 saturated heterocycles. The number of likely N-dealkylation sites (tertiary alicyclic amines) is 1. The summed E-state index contributed by atoms with van der Waals surface area (Å²) in [5.41, 5.74) is 4.62. The van der Waals surface area contributed by atoms with E-state index in [0.717, 1.165) is 23.9 Å². The smallest absolute Gasteiger partial charge is 0.346 e. The molecule has 2 aliphatic heterocycles. The van der Waals surface area contributed by atoms with Crippen LogP contribution in [0.4, 0.5) is 0 Å². The Morgan fingerprint density at radius 2 is 2.04 bits per heavy atom. The van der Waals surface area contributed by atoms with Crippen LogP contribution in [-0.2, 0) is 20.3 Å². The van der Waals surface area contributed by atoms with Gasteiger partial charge in [-0.1, -0.05) is 58.4 Å². The summed E-state index contributed by atoms with van der Waals surface area (Å²) in [5.74, 6) is 0.953. The van der Waals surface area contributed by atoms with Crippen LogP contribution in [0.15, 0.2) is 59.8 Å². The molecule has 1 aromatic carbocycles. The molecule has 1 saturated carbocycles. The Hall–Kier alpha value is -1.49. The van der Waals surface area contributed by atoms with E-state index >= 15 is 0 Å². The summed E-state index contributed by atoms with van der Waals surface area (Å²) in [6, 6.07) is 8.78. The highest BCUT2D eigenvalue weighted by atomic mass is 79.9. The van der Waals surface area contributed by atoms with Crippen molar-refractivity contribution in [1.29, 1.82) is 0 Å². The van der Waals surface area contributed by atoms with Gasteiger partial charge >= 0.3 is 5.91 Å². The van der Waals surface area contributed by atoms with E-state index in [0.29, 0.717) is 10.4 Å². The molecule has 134 valence electrons. The fourth-order valence-corrected chi connectivity index (χ4v) is 5.41. The number of carbonyl (C=O) groups is 1. The van der Waals surface area contributed by atoms with Gasteiger partial charge in [0.25, 0.3) is 0 Å². The van der Waals surface area contributed by atoms with Crippen LogP contribution in [0.2, 0.25) is 0 Å². The molecule has 4 atom stereocenters. The average Bonchev–Trinajstić information content (AvgIpc) is 3.04. The Morgan fingerprint density at radius 3 is 2.65 bits per heavy atom. The van der Waals surface area contributed by atoms with Crippen LogP contribution < -0.4 is 0 Å². The van der Waals surface area contributed by atoms with Gasteiger partial charge in [0.2, 0.25) is 0 Å². The highest BCUT2D eigenvalue weighted by Crippen LogP contribution is 2.64. The third-order valence-electron chi connectivity index (χ3n) is 6.71. The maximum atomic E-state index is 13.3. The lowest BCUT2D eigenvalue weighted by molar-refractivity contribution is -0.768. The summed E-state index contributed by atoms with van der Waals surface area (Å²) in [6.07, 6.45) is 9.82. The van der Waals surface area contributed by atoms with Crippen molar-refractivity contribution in [1.82, 2.24) is 0 Å². The molecular formula is C22H23BrNO2+. The summed E-state index contributed by atoms with van der Waals surface area (Å²) in [6.45, 7) is 0.800. The summed E-state index contributed by atoms with van der Waals surface area (Å²) in [7, 11) is 4.02. The van der Waals surface area contributed by atoms with E-state index in [4.69, 9.17) is 4.74 Å². The minimum absolute atomic E-state index is 0.119. The minimum atomic E-state index is -0.119. The first-order valence-electron chi connectivity index (χ1n) is 9.26. The molecule has 5 rings (SSSR count). The zero-order valence-electron chi connectivity index (χ0n) is 15.1. The molecule has 2 aliphatic carbocycles. The van der Waals surface area contributed by atoms with Gasteiger partial charge in [-0.2, -0.15) is 0 Å². The fraction of sp³-hybridized carbons (Fsp3) is 0.409. The number of likely N-dealkylation sites (N-methyl/N-ethyl adjacent to an activating group) is 1. The Labute approximate surface area is 162 Å². The molecule has 0 aromatic heterocycles. The number of carbonyl (C=O) groups excluding carboxylic acids is 1. The Kier molecular flexibility index (Phi) is 3.53. The number of hydrogen-bond acceptors (Lipinski definition) is 2. The van der Waals surface area contributed by atoms with Gasteiger partial charge in [0, 0.05) is 16.7 Å². The molecule has 0 N–H and O–H groups in total. The van der Waals surface area contributed by atoms with Crippen molar-refractivity contribution in [3.8, 4) is 0 Å². The Morgan fingerprint density at radius 1 is 1.31 bits per heavy atom. The number of amides is 1. The zero-order chi connectivity index (χ0) is 18.1. The lowest BCUT2D eigenvalue weighted by Crippen LogP contribution is -2.39. The molecule has 4 heteroatoms. The van der Waals surface area contributed by atoms with Crippen LogP contribution in [0.3, 0.4) is 0 Å². The second-order valence-electron chi connectivity index (χ2n) is 8.29. The molecule has 1 amide bonds. The largest absolute Gasteiger partial charge is 0.376 e. The molecule has 0 radical (unpaired) electrons. The van der Waals surface area contributed by atoms with Gasteiger partial charge in [-0.05, 0) is 23.6 Å². The normalized spacial score (nSPS) is 37.8. The van der Waals surface area contributed by atoms with E-state index < -0.39 is 0 Å². The summed E-state index contributed by atoms with van der Waals surface area (Å²) >= 11 is 3.52. The van der Waals surface area contributed by atoms with E-state index in [1.165, 1.54) is 16.8 Å². The highest BCUT2D eigenvalue weighted by Gasteiger charge is 2.72. The molecule has 4 unspecified atom stereocenters. The molecule has 0 spiro atoms. The maximum absolute atomic E-state index is 13.3. The molecule has 0 bridgehead atoms. The third kappa shape index (κ3) is 2.04. The van der Waals surface area contributed by atoms with Crippen molar-refractivity contribution < 1.29 is 14.0 Å². The summed E-state index contributed by atoms with van der Waals surface area (Å²) in [5, 5.41) is 0.859. The average molecular weight is 413 g/mol. The number of allylic oxidation sites excluding steroid dienone is 4. The molecule has 26 heavy (non-hydrogen) atoms. The number of fused-ring (bicyclic) bond motifs is 2. The number of benzene rings is 1. The Balaban J connectivity index is 1.60. The first-order valence-corrected chi connectivity index (χ1v) is 10.4. The number of halogens is 1. The number of quaternary nitrogens is 1. The van der Waals surface area contributed by atoms with Crippen molar-refractivity contribution in [2.24, 2.45) is 11.8 Å². The fourth-order valence-electron chi connectivity index (χ4n) is 5.03. The van der Waals surface area contributed by atoms with Crippen LogP contribution in [0.25, 0.3) is 0 Å². The van der Waals surface area contributed by atoms with Crippen molar-refractivity contribution in [3.05, 3.63) is 71.0 Å². The lowest BCUT2D eigenvalue weighted by atomic mass is 9.85. The van der Waals surface area contributed by atoms with Gasteiger partial charge in [-0.3, -0.25) is 0 Å². The summed E-state index contributed by atoms with van der Waals surface area (Å²) < 4.78 is 6.21. The van der Waals surface area contributed by atoms with Crippen LogP contribution in [0, 0.1) is 11.8 Å². The second-order valence-corrected chi connectivity index (χ2v) is 8.85. The SMILES string of the molecule is C[N+]1(C)C(=O)/C(=C/C2(c3ccc(CBr)cc3)C3COC32)C2CC=CC=C21. The number of alkyl halides is 1. The predicted octanol–water partition coefficient (Wildman–Crippen LogP) is 3.85.